The van der Waals surface area contributed by atoms with E-state index in [9.17, 15) is 4.79 Å². The van der Waals surface area contributed by atoms with Crippen LogP contribution in [0.4, 0.5) is 5.69 Å². The lowest BCUT2D eigenvalue weighted by molar-refractivity contribution is -0.123. The summed E-state index contributed by atoms with van der Waals surface area (Å²) in [7, 11) is 0. The van der Waals surface area contributed by atoms with Crippen molar-refractivity contribution >= 4 is 28.3 Å². The van der Waals surface area contributed by atoms with Crippen LogP contribution in [-0.2, 0) is 17.8 Å². The highest BCUT2D eigenvalue weighted by Crippen LogP contribution is 2.35. The fourth-order valence-corrected chi connectivity index (χ4v) is 5.12. The number of anilines is 1. The summed E-state index contributed by atoms with van der Waals surface area (Å²) >= 11 is 0. The first-order valence-electron chi connectivity index (χ1n) is 11.6. The molecule has 1 fully saturated rings. The van der Waals surface area contributed by atoms with Crippen molar-refractivity contribution in [1.82, 2.24) is 10.3 Å². The summed E-state index contributed by atoms with van der Waals surface area (Å²) in [6.07, 6.45) is 6.21. The monoisotopic (exact) mass is 442 g/mol. The number of carbonyl (C=O) groups excluding carboxylic acids is 1. The Kier molecular flexibility index (Phi) is 5.72. The van der Waals surface area contributed by atoms with Crippen molar-refractivity contribution in [1.29, 1.82) is 5.41 Å². The van der Waals surface area contributed by atoms with Gasteiger partial charge in [0.1, 0.15) is 11.9 Å². The Labute approximate surface area is 193 Å². The Morgan fingerprint density at radius 2 is 1.91 bits per heavy atom. The Morgan fingerprint density at radius 3 is 2.70 bits per heavy atom. The van der Waals surface area contributed by atoms with E-state index in [4.69, 9.17) is 16.9 Å². The maximum atomic E-state index is 13.5. The maximum Gasteiger partial charge on any atom is 0.243 e. The number of pyridine rings is 1. The normalized spacial score (nSPS) is 22.2. The van der Waals surface area contributed by atoms with Crippen molar-refractivity contribution in [3.8, 4) is 0 Å². The van der Waals surface area contributed by atoms with Gasteiger partial charge in [-0.25, -0.2) is 0 Å². The van der Waals surface area contributed by atoms with Gasteiger partial charge in [-0.3, -0.25) is 15.2 Å². The third-order valence-electron chi connectivity index (χ3n) is 7.00. The van der Waals surface area contributed by atoms with E-state index in [1.165, 1.54) is 0 Å². The minimum absolute atomic E-state index is 0.0264. The summed E-state index contributed by atoms with van der Waals surface area (Å²) < 4.78 is 0. The standard InChI is InChI=1S/C26H30N6O/c27-19-7-9-20(10-8-19)31-26(33)24-13-16-5-6-17(25(28)29)14-23(16)32(24)15-18-11-12-30-22-4-2-1-3-21(18)22/h1-6,11-12,14,19-20,24H,7-10,13,15,27H2,(H3,28,29)(H,31,33)/t19-,20-,24?. The molecule has 170 valence electrons. The van der Waals surface area contributed by atoms with Crippen LogP contribution in [0.5, 0.6) is 0 Å². The molecule has 5 rings (SSSR count). The molecule has 1 atom stereocenters. The van der Waals surface area contributed by atoms with Gasteiger partial charge in [0.2, 0.25) is 5.91 Å². The summed E-state index contributed by atoms with van der Waals surface area (Å²) in [6, 6.07) is 16.0. The third-order valence-corrected chi connectivity index (χ3v) is 7.00. The van der Waals surface area contributed by atoms with E-state index in [0.717, 1.165) is 53.4 Å². The predicted octanol–water partition coefficient (Wildman–Crippen LogP) is 2.84. The van der Waals surface area contributed by atoms with Crippen molar-refractivity contribution < 1.29 is 4.79 Å². The van der Waals surface area contributed by atoms with Gasteiger partial charge in [-0.15, -0.1) is 0 Å². The molecule has 1 aliphatic carbocycles. The first kappa shape index (κ1) is 21.4. The molecule has 1 unspecified atom stereocenters. The topological polar surface area (TPSA) is 121 Å². The lowest BCUT2D eigenvalue weighted by atomic mass is 9.91. The fraction of sp³-hybridized carbons (Fsp3) is 0.346. The van der Waals surface area contributed by atoms with E-state index in [2.05, 4.69) is 21.3 Å². The molecule has 6 N–H and O–H groups in total. The maximum absolute atomic E-state index is 13.5. The van der Waals surface area contributed by atoms with Gasteiger partial charge in [0.15, 0.2) is 0 Å². The molecule has 1 saturated carbocycles. The lowest BCUT2D eigenvalue weighted by Crippen LogP contribution is -2.49. The van der Waals surface area contributed by atoms with Gasteiger partial charge in [0.05, 0.1) is 5.52 Å². The second kappa shape index (κ2) is 8.83. The second-order valence-electron chi connectivity index (χ2n) is 9.21. The minimum Gasteiger partial charge on any atom is -0.384 e. The molecule has 7 heteroatoms. The van der Waals surface area contributed by atoms with Crippen LogP contribution in [0.3, 0.4) is 0 Å². The zero-order valence-electron chi connectivity index (χ0n) is 18.6. The SMILES string of the molecule is N=C(N)c1ccc2c(c1)N(Cc1ccnc3ccccc13)C(C(=O)N[C@H]1CC[C@H](N)CC1)C2. The van der Waals surface area contributed by atoms with Crippen molar-refractivity contribution in [2.75, 3.05) is 4.90 Å². The van der Waals surface area contributed by atoms with E-state index >= 15 is 0 Å². The number of hydrogen-bond donors (Lipinski definition) is 4. The number of amides is 1. The van der Waals surface area contributed by atoms with Gasteiger partial charge < -0.3 is 21.7 Å². The molecule has 3 aromatic rings. The Bertz CT molecular complexity index is 1200. The third kappa shape index (κ3) is 4.28. The minimum atomic E-state index is -0.315. The van der Waals surface area contributed by atoms with Gasteiger partial charge in [-0.1, -0.05) is 30.3 Å². The highest BCUT2D eigenvalue weighted by Gasteiger charge is 2.36. The van der Waals surface area contributed by atoms with Crippen LogP contribution in [0.15, 0.2) is 54.7 Å². The first-order chi connectivity index (χ1) is 16.0. The summed E-state index contributed by atoms with van der Waals surface area (Å²) in [6.45, 7) is 0.574. The Morgan fingerprint density at radius 1 is 1.12 bits per heavy atom. The number of para-hydroxylation sites is 1. The van der Waals surface area contributed by atoms with Crippen molar-refractivity contribution in [2.45, 2.75) is 56.8 Å². The zero-order valence-corrected chi connectivity index (χ0v) is 18.6. The fourth-order valence-electron chi connectivity index (χ4n) is 5.12. The smallest absolute Gasteiger partial charge is 0.243 e. The highest BCUT2D eigenvalue weighted by molar-refractivity contribution is 5.97. The number of benzene rings is 2. The van der Waals surface area contributed by atoms with E-state index < -0.39 is 0 Å². The van der Waals surface area contributed by atoms with Crippen LogP contribution in [0.1, 0.15) is 42.4 Å². The van der Waals surface area contributed by atoms with Crippen LogP contribution in [0.2, 0.25) is 0 Å². The molecule has 2 heterocycles. The number of amidine groups is 1. The number of carbonyl (C=O) groups is 1. The average molecular weight is 443 g/mol. The molecule has 1 amide bonds. The zero-order chi connectivity index (χ0) is 22.9. The molecule has 2 aliphatic rings. The van der Waals surface area contributed by atoms with Crippen LogP contribution in [0.25, 0.3) is 10.9 Å². The highest BCUT2D eigenvalue weighted by atomic mass is 16.2. The van der Waals surface area contributed by atoms with Crippen molar-refractivity contribution in [3.05, 3.63) is 71.4 Å². The van der Waals surface area contributed by atoms with Gasteiger partial charge in [0, 0.05) is 47.9 Å². The van der Waals surface area contributed by atoms with Crippen molar-refractivity contribution in [3.63, 3.8) is 0 Å². The first-order valence-corrected chi connectivity index (χ1v) is 11.6. The summed E-state index contributed by atoms with van der Waals surface area (Å²) in [5.74, 6) is 0.0768. The second-order valence-corrected chi connectivity index (χ2v) is 9.21. The number of nitrogens with zero attached hydrogens (tertiary/aromatic N) is 2. The Hall–Kier alpha value is -3.45. The van der Waals surface area contributed by atoms with Gasteiger partial charge >= 0.3 is 0 Å². The molecule has 1 aromatic heterocycles. The van der Waals surface area contributed by atoms with Gasteiger partial charge in [-0.05, 0) is 55.0 Å². The summed E-state index contributed by atoms with van der Waals surface area (Å²) in [4.78, 5) is 20.1. The summed E-state index contributed by atoms with van der Waals surface area (Å²) in [5, 5.41) is 12.2. The average Bonchev–Trinajstić information content (AvgIpc) is 3.18. The molecular weight excluding hydrogens is 412 g/mol. The van der Waals surface area contributed by atoms with Crippen LogP contribution in [-0.4, -0.2) is 34.9 Å². The van der Waals surface area contributed by atoms with Gasteiger partial charge in [-0.2, -0.15) is 0 Å². The molecule has 0 bridgehead atoms. The number of nitrogen functional groups attached to an aromatic ring is 1. The Balaban J connectivity index is 1.47. The van der Waals surface area contributed by atoms with Crippen LogP contribution in [0, 0.1) is 5.41 Å². The van der Waals surface area contributed by atoms with E-state index in [1.807, 2.05) is 48.7 Å². The number of nitrogens with two attached hydrogens (primary N) is 2. The van der Waals surface area contributed by atoms with Crippen molar-refractivity contribution in [2.24, 2.45) is 11.5 Å². The van der Waals surface area contributed by atoms with Crippen LogP contribution < -0.4 is 21.7 Å². The number of nitrogens with one attached hydrogen (secondary N) is 2. The quantitative estimate of drug-likeness (QED) is 0.358. The lowest BCUT2D eigenvalue weighted by Gasteiger charge is -2.31. The molecular formula is C26H30N6O. The van der Waals surface area contributed by atoms with Crippen LogP contribution >= 0.6 is 0 Å². The summed E-state index contributed by atoms with van der Waals surface area (Å²) in [5.41, 5.74) is 16.6. The molecule has 7 nitrogen and oxygen atoms in total. The molecule has 0 radical (unpaired) electrons. The molecule has 33 heavy (non-hydrogen) atoms. The number of rotatable bonds is 5. The van der Waals surface area contributed by atoms with Gasteiger partial charge in [0.25, 0.3) is 0 Å². The van der Waals surface area contributed by atoms with E-state index in [0.29, 0.717) is 18.5 Å². The van der Waals surface area contributed by atoms with E-state index in [1.54, 1.807) is 0 Å². The number of fused-ring (bicyclic) bond motifs is 2. The molecule has 1 aliphatic heterocycles. The molecule has 0 spiro atoms. The predicted molar refractivity (Wildman–Crippen MR) is 131 cm³/mol. The van der Waals surface area contributed by atoms with E-state index in [-0.39, 0.29) is 29.9 Å². The number of aromatic nitrogens is 1. The molecule has 0 saturated heterocycles. The molecule has 2 aromatic carbocycles. The largest absolute Gasteiger partial charge is 0.384 e. The number of hydrogen-bond acceptors (Lipinski definition) is 5.